The number of carboxylic acid groups (broad SMARTS) is 1. The third kappa shape index (κ3) is 7.78. The molecule has 0 heterocycles. The van der Waals surface area contributed by atoms with Crippen LogP contribution >= 0.6 is 0 Å². The quantitative estimate of drug-likeness (QED) is 0.355. The molecule has 0 aliphatic carbocycles. The first kappa shape index (κ1) is 14.4. The third-order valence-electron chi connectivity index (χ3n) is 1.96. The summed E-state index contributed by atoms with van der Waals surface area (Å²) in [6, 6.07) is 0. The molecule has 0 aliphatic heterocycles. The lowest BCUT2D eigenvalue weighted by Crippen LogP contribution is -2.12. The van der Waals surface area contributed by atoms with E-state index in [1.54, 1.807) is 6.92 Å². The molecule has 0 radical (unpaired) electrons. The molecule has 0 aromatic carbocycles. The van der Waals surface area contributed by atoms with E-state index < -0.39 is 17.9 Å². The number of carboxylic acids is 1. The Balaban J connectivity index is 3.40. The van der Waals surface area contributed by atoms with Crippen molar-refractivity contribution in [3.8, 4) is 0 Å². The summed E-state index contributed by atoms with van der Waals surface area (Å²) in [6.45, 7) is 2.06. The van der Waals surface area contributed by atoms with Crippen molar-refractivity contribution in [2.24, 2.45) is 5.92 Å². The highest BCUT2D eigenvalue weighted by molar-refractivity contribution is 5.70. The molecule has 0 fully saturated rings. The van der Waals surface area contributed by atoms with E-state index in [1.165, 1.54) is 0 Å². The fourth-order valence-electron chi connectivity index (χ4n) is 0.962. The zero-order chi connectivity index (χ0) is 12.4. The minimum Gasteiger partial charge on any atom is -0.481 e. The van der Waals surface area contributed by atoms with Crippen molar-refractivity contribution in [2.45, 2.75) is 26.2 Å². The van der Waals surface area contributed by atoms with Crippen LogP contribution in [0.15, 0.2) is 0 Å². The summed E-state index contributed by atoms with van der Waals surface area (Å²) < 4.78 is 9.11. The molecule has 0 aromatic rings. The van der Waals surface area contributed by atoms with E-state index in [9.17, 15) is 14.4 Å². The average molecular weight is 232 g/mol. The van der Waals surface area contributed by atoms with Gasteiger partial charge in [-0.3, -0.25) is 14.4 Å². The molecule has 0 aliphatic rings. The van der Waals surface area contributed by atoms with Gasteiger partial charge in [0, 0.05) is 0 Å². The smallest absolute Gasteiger partial charge is 0.309 e. The molecule has 1 atom stereocenters. The Morgan fingerprint density at radius 3 is 2.62 bits per heavy atom. The van der Waals surface area contributed by atoms with Crippen molar-refractivity contribution in [2.75, 3.05) is 13.2 Å². The third-order valence-corrected chi connectivity index (χ3v) is 1.96. The first-order valence-corrected chi connectivity index (χ1v) is 5.01. The molecule has 0 spiro atoms. The first-order valence-electron chi connectivity index (χ1n) is 5.01. The number of aliphatic carboxylic acids is 1. The molecule has 0 amide bonds. The lowest BCUT2D eigenvalue weighted by molar-refractivity contribution is -0.145. The molecule has 1 N–H and O–H groups in total. The Labute approximate surface area is 93.5 Å². The van der Waals surface area contributed by atoms with Gasteiger partial charge in [-0.15, -0.1) is 0 Å². The standard InChI is InChI=1S/C10H16O6/c1-8(10(13)14)3-2-5-16-9(12)4-6-15-7-11/h7-8H,2-6H2,1H3,(H,13,14). The maximum absolute atomic E-state index is 11.0. The van der Waals surface area contributed by atoms with Gasteiger partial charge in [0.05, 0.1) is 18.9 Å². The van der Waals surface area contributed by atoms with Gasteiger partial charge in [0.25, 0.3) is 6.47 Å². The van der Waals surface area contributed by atoms with Crippen LogP contribution in [-0.2, 0) is 23.9 Å². The monoisotopic (exact) mass is 232 g/mol. The van der Waals surface area contributed by atoms with E-state index in [-0.39, 0.29) is 26.1 Å². The van der Waals surface area contributed by atoms with Crippen molar-refractivity contribution >= 4 is 18.4 Å². The second kappa shape index (κ2) is 8.70. The van der Waals surface area contributed by atoms with E-state index in [4.69, 9.17) is 9.84 Å². The molecular weight excluding hydrogens is 216 g/mol. The number of esters is 1. The molecule has 0 aromatic heterocycles. The van der Waals surface area contributed by atoms with Crippen LogP contribution in [0.25, 0.3) is 0 Å². The first-order chi connectivity index (χ1) is 7.57. The molecule has 6 heteroatoms. The van der Waals surface area contributed by atoms with Crippen LogP contribution in [0.4, 0.5) is 0 Å². The van der Waals surface area contributed by atoms with Crippen LogP contribution < -0.4 is 0 Å². The lowest BCUT2D eigenvalue weighted by atomic mass is 10.1. The van der Waals surface area contributed by atoms with Crippen molar-refractivity contribution < 1.29 is 29.0 Å². The molecule has 1 unspecified atom stereocenters. The average Bonchev–Trinajstić information content (AvgIpc) is 2.24. The van der Waals surface area contributed by atoms with Crippen molar-refractivity contribution in [1.29, 1.82) is 0 Å². The number of carbonyl (C=O) groups is 3. The van der Waals surface area contributed by atoms with E-state index in [0.29, 0.717) is 12.8 Å². The predicted octanol–water partition coefficient (Wildman–Crippen LogP) is 0.594. The topological polar surface area (TPSA) is 89.9 Å². The summed E-state index contributed by atoms with van der Waals surface area (Å²) in [5.74, 6) is -1.74. The van der Waals surface area contributed by atoms with Crippen LogP contribution in [0, 0.1) is 5.92 Å². The van der Waals surface area contributed by atoms with E-state index in [2.05, 4.69) is 4.74 Å². The molecule has 0 rings (SSSR count). The molecule has 0 bridgehead atoms. The number of rotatable bonds is 9. The van der Waals surface area contributed by atoms with Gasteiger partial charge in [-0.1, -0.05) is 6.92 Å². The number of carbonyl (C=O) groups excluding carboxylic acids is 2. The maximum atomic E-state index is 11.0. The lowest BCUT2D eigenvalue weighted by Gasteiger charge is -2.06. The Hall–Kier alpha value is -1.59. The van der Waals surface area contributed by atoms with Crippen LogP contribution in [-0.4, -0.2) is 36.7 Å². The highest BCUT2D eigenvalue weighted by Crippen LogP contribution is 2.05. The number of hydrogen-bond donors (Lipinski definition) is 1. The van der Waals surface area contributed by atoms with Crippen molar-refractivity contribution in [1.82, 2.24) is 0 Å². The highest BCUT2D eigenvalue weighted by atomic mass is 16.5. The molecule has 92 valence electrons. The summed E-state index contributed by atoms with van der Waals surface area (Å²) in [5.41, 5.74) is 0. The molecule has 0 saturated carbocycles. The fraction of sp³-hybridized carbons (Fsp3) is 0.700. The highest BCUT2D eigenvalue weighted by Gasteiger charge is 2.10. The van der Waals surface area contributed by atoms with Crippen LogP contribution in [0.5, 0.6) is 0 Å². The zero-order valence-electron chi connectivity index (χ0n) is 9.18. The maximum Gasteiger partial charge on any atom is 0.309 e. The second-order valence-electron chi connectivity index (χ2n) is 3.32. The molecule has 6 nitrogen and oxygen atoms in total. The van der Waals surface area contributed by atoms with Crippen LogP contribution in [0.3, 0.4) is 0 Å². The van der Waals surface area contributed by atoms with Gasteiger partial charge in [-0.05, 0) is 12.8 Å². The second-order valence-corrected chi connectivity index (χ2v) is 3.32. The van der Waals surface area contributed by atoms with Crippen molar-refractivity contribution in [3.63, 3.8) is 0 Å². The predicted molar refractivity (Wildman–Crippen MR) is 53.6 cm³/mol. The van der Waals surface area contributed by atoms with E-state index in [1.807, 2.05) is 0 Å². The van der Waals surface area contributed by atoms with Gasteiger partial charge in [-0.25, -0.2) is 0 Å². The van der Waals surface area contributed by atoms with Crippen LogP contribution in [0.1, 0.15) is 26.2 Å². The van der Waals surface area contributed by atoms with Gasteiger partial charge in [0.15, 0.2) is 0 Å². The number of hydrogen-bond acceptors (Lipinski definition) is 5. The minimum absolute atomic E-state index is 0.00780. The molecular formula is C10H16O6. The van der Waals surface area contributed by atoms with E-state index >= 15 is 0 Å². The molecule has 16 heavy (non-hydrogen) atoms. The normalized spacial score (nSPS) is 11.6. The summed E-state index contributed by atoms with van der Waals surface area (Å²) in [7, 11) is 0. The Morgan fingerprint density at radius 2 is 2.06 bits per heavy atom. The summed E-state index contributed by atoms with van der Waals surface area (Å²) in [5, 5.41) is 8.58. The summed E-state index contributed by atoms with van der Waals surface area (Å²) in [4.78, 5) is 31.2. The van der Waals surface area contributed by atoms with Gasteiger partial charge in [-0.2, -0.15) is 0 Å². The number of ether oxygens (including phenoxy) is 2. The van der Waals surface area contributed by atoms with Gasteiger partial charge in [0.2, 0.25) is 0 Å². The largest absolute Gasteiger partial charge is 0.481 e. The SMILES string of the molecule is CC(CCCOC(=O)CCOC=O)C(=O)O. The van der Waals surface area contributed by atoms with Crippen LogP contribution in [0.2, 0.25) is 0 Å². The Kier molecular flexibility index (Phi) is 7.83. The van der Waals surface area contributed by atoms with Gasteiger partial charge >= 0.3 is 11.9 Å². The van der Waals surface area contributed by atoms with E-state index in [0.717, 1.165) is 0 Å². The summed E-state index contributed by atoms with van der Waals surface area (Å²) >= 11 is 0. The Bertz CT molecular complexity index is 237. The van der Waals surface area contributed by atoms with Gasteiger partial charge in [0.1, 0.15) is 6.61 Å². The fourth-order valence-corrected chi connectivity index (χ4v) is 0.962. The summed E-state index contributed by atoms with van der Waals surface area (Å²) in [6.07, 6.45) is 0.994. The minimum atomic E-state index is -0.856. The molecule has 0 saturated heterocycles. The zero-order valence-corrected chi connectivity index (χ0v) is 9.18. The Morgan fingerprint density at radius 1 is 1.38 bits per heavy atom. The van der Waals surface area contributed by atoms with Crippen molar-refractivity contribution in [3.05, 3.63) is 0 Å². The van der Waals surface area contributed by atoms with Gasteiger partial charge < -0.3 is 14.6 Å².